The van der Waals surface area contributed by atoms with Crippen LogP contribution in [0.3, 0.4) is 0 Å². The molecule has 0 aliphatic rings. The first kappa shape index (κ1) is 13.5. The molecule has 4 heteroatoms. The molecule has 1 aromatic carbocycles. The van der Waals surface area contributed by atoms with E-state index in [4.69, 9.17) is 5.26 Å². The van der Waals surface area contributed by atoms with Gasteiger partial charge in [-0.05, 0) is 29.3 Å². The molecule has 1 aromatic heterocycles. The summed E-state index contributed by atoms with van der Waals surface area (Å²) in [5.74, 6) is -0.381. The number of rotatable bonds is 4. The van der Waals surface area contributed by atoms with E-state index in [0.717, 1.165) is 11.1 Å². The predicted molar refractivity (Wildman–Crippen MR) is 76.1 cm³/mol. The Morgan fingerprint density at radius 1 is 1.20 bits per heavy atom. The van der Waals surface area contributed by atoms with Crippen LogP contribution < -0.4 is 5.32 Å². The number of hydrogen-bond donors (Lipinski definition) is 1. The van der Waals surface area contributed by atoms with Crippen LogP contribution in [-0.2, 0) is 11.3 Å². The van der Waals surface area contributed by atoms with Gasteiger partial charge in [0.15, 0.2) is 0 Å². The first-order valence-corrected chi connectivity index (χ1v) is 6.13. The highest BCUT2D eigenvalue weighted by molar-refractivity contribution is 6.01. The summed E-state index contributed by atoms with van der Waals surface area (Å²) in [4.78, 5) is 15.8. The van der Waals surface area contributed by atoms with E-state index in [1.165, 1.54) is 0 Å². The van der Waals surface area contributed by atoms with E-state index in [0.29, 0.717) is 6.54 Å². The van der Waals surface area contributed by atoms with E-state index in [1.54, 1.807) is 30.6 Å². The molecule has 0 atom stereocenters. The molecule has 1 N–H and O–H groups in total. The van der Waals surface area contributed by atoms with Crippen LogP contribution in [0, 0.1) is 11.3 Å². The lowest BCUT2D eigenvalue weighted by Crippen LogP contribution is -2.23. The van der Waals surface area contributed by atoms with Gasteiger partial charge < -0.3 is 5.32 Å². The maximum atomic E-state index is 11.9. The molecule has 98 valence electrons. The van der Waals surface area contributed by atoms with Gasteiger partial charge in [-0.2, -0.15) is 5.26 Å². The van der Waals surface area contributed by atoms with E-state index in [-0.39, 0.29) is 11.5 Å². The first-order valence-electron chi connectivity index (χ1n) is 6.13. The molecule has 0 saturated heterocycles. The second-order valence-electron chi connectivity index (χ2n) is 4.12. The van der Waals surface area contributed by atoms with Crippen molar-refractivity contribution in [2.75, 3.05) is 0 Å². The molecule has 0 bridgehead atoms. The number of pyridine rings is 1. The lowest BCUT2D eigenvalue weighted by Gasteiger charge is -2.04. The summed E-state index contributed by atoms with van der Waals surface area (Å²) in [6, 6.07) is 14.9. The average molecular weight is 263 g/mol. The molecule has 1 amide bonds. The Morgan fingerprint density at radius 2 is 1.90 bits per heavy atom. The molecular weight excluding hydrogens is 250 g/mol. The largest absolute Gasteiger partial charge is 0.347 e. The fourth-order valence-electron chi connectivity index (χ4n) is 1.65. The molecule has 0 unspecified atom stereocenters. The minimum Gasteiger partial charge on any atom is -0.347 e. The van der Waals surface area contributed by atoms with Crippen LogP contribution >= 0.6 is 0 Å². The third-order valence-electron chi connectivity index (χ3n) is 2.68. The molecule has 20 heavy (non-hydrogen) atoms. The first-order chi connectivity index (χ1) is 9.79. The minimum absolute atomic E-state index is 0.0760. The summed E-state index contributed by atoms with van der Waals surface area (Å²) in [5, 5.41) is 11.8. The number of carbonyl (C=O) groups excluding carboxylic acids is 1. The second-order valence-corrected chi connectivity index (χ2v) is 4.12. The van der Waals surface area contributed by atoms with E-state index >= 15 is 0 Å². The summed E-state index contributed by atoms with van der Waals surface area (Å²) in [6.45, 7) is 0.398. The highest BCUT2D eigenvalue weighted by Crippen LogP contribution is 2.06. The van der Waals surface area contributed by atoms with Gasteiger partial charge in [-0.3, -0.25) is 9.78 Å². The topological polar surface area (TPSA) is 65.8 Å². The fraction of sp³-hybridized carbons (Fsp3) is 0.0625. The quantitative estimate of drug-likeness (QED) is 0.680. The number of amides is 1. The van der Waals surface area contributed by atoms with Crippen LogP contribution in [0.2, 0.25) is 0 Å². The summed E-state index contributed by atoms with van der Waals surface area (Å²) in [5.41, 5.74) is 1.83. The number of hydrogen-bond acceptors (Lipinski definition) is 3. The Bertz CT molecular complexity index is 642. The molecule has 0 aliphatic heterocycles. The molecule has 0 aliphatic carbocycles. The van der Waals surface area contributed by atoms with Crippen molar-refractivity contribution in [1.82, 2.24) is 10.3 Å². The van der Waals surface area contributed by atoms with Crippen molar-refractivity contribution < 1.29 is 4.79 Å². The maximum Gasteiger partial charge on any atom is 0.262 e. The van der Waals surface area contributed by atoms with Crippen LogP contribution in [0.25, 0.3) is 6.08 Å². The van der Waals surface area contributed by atoms with Gasteiger partial charge in [-0.1, -0.05) is 30.3 Å². The molecule has 2 rings (SSSR count). The van der Waals surface area contributed by atoms with Crippen molar-refractivity contribution in [3.8, 4) is 6.07 Å². The lowest BCUT2D eigenvalue weighted by atomic mass is 10.1. The number of nitrogens with zero attached hydrogens (tertiary/aromatic N) is 2. The van der Waals surface area contributed by atoms with Gasteiger partial charge in [0.25, 0.3) is 5.91 Å². The van der Waals surface area contributed by atoms with Gasteiger partial charge in [0.2, 0.25) is 0 Å². The Morgan fingerprint density at radius 3 is 2.55 bits per heavy atom. The highest BCUT2D eigenvalue weighted by Gasteiger charge is 2.08. The summed E-state index contributed by atoms with van der Waals surface area (Å²) in [7, 11) is 0. The molecule has 4 nitrogen and oxygen atoms in total. The van der Waals surface area contributed by atoms with E-state index in [1.807, 2.05) is 36.4 Å². The predicted octanol–water partition coefficient (Wildman–Crippen LogP) is 2.30. The van der Waals surface area contributed by atoms with Crippen LogP contribution in [0.4, 0.5) is 0 Å². The number of nitrogens with one attached hydrogen (secondary N) is 1. The number of carbonyl (C=O) groups is 1. The Hall–Kier alpha value is -2.93. The SMILES string of the molecule is N#C/C(=C/c1ccncc1)C(=O)NCc1ccccc1. The van der Waals surface area contributed by atoms with E-state index in [9.17, 15) is 4.79 Å². The molecule has 0 saturated carbocycles. The van der Waals surface area contributed by atoms with Crippen molar-refractivity contribution in [1.29, 1.82) is 5.26 Å². The zero-order valence-corrected chi connectivity index (χ0v) is 10.8. The third-order valence-corrected chi connectivity index (χ3v) is 2.68. The number of aromatic nitrogens is 1. The van der Waals surface area contributed by atoms with Crippen LogP contribution in [0.1, 0.15) is 11.1 Å². The van der Waals surface area contributed by atoms with Crippen LogP contribution in [-0.4, -0.2) is 10.9 Å². The summed E-state index contributed by atoms with van der Waals surface area (Å²) < 4.78 is 0. The maximum absolute atomic E-state index is 11.9. The van der Waals surface area contributed by atoms with Crippen LogP contribution in [0.5, 0.6) is 0 Å². The second kappa shape index (κ2) is 6.86. The van der Waals surface area contributed by atoms with Crippen molar-refractivity contribution in [3.05, 3.63) is 71.6 Å². The normalized spacial score (nSPS) is 10.7. The summed E-state index contributed by atoms with van der Waals surface area (Å²) >= 11 is 0. The zero-order valence-electron chi connectivity index (χ0n) is 10.8. The van der Waals surface area contributed by atoms with Crippen molar-refractivity contribution in [3.63, 3.8) is 0 Å². The molecule has 0 fully saturated rings. The molecular formula is C16H13N3O. The lowest BCUT2D eigenvalue weighted by molar-refractivity contribution is -0.117. The third kappa shape index (κ3) is 3.79. The van der Waals surface area contributed by atoms with Crippen molar-refractivity contribution in [2.45, 2.75) is 6.54 Å². The van der Waals surface area contributed by atoms with E-state index in [2.05, 4.69) is 10.3 Å². The molecule has 0 radical (unpaired) electrons. The van der Waals surface area contributed by atoms with Crippen molar-refractivity contribution in [2.24, 2.45) is 0 Å². The van der Waals surface area contributed by atoms with Gasteiger partial charge in [0, 0.05) is 18.9 Å². The van der Waals surface area contributed by atoms with E-state index < -0.39 is 0 Å². The van der Waals surface area contributed by atoms with Gasteiger partial charge in [-0.25, -0.2) is 0 Å². The van der Waals surface area contributed by atoms with Gasteiger partial charge in [-0.15, -0.1) is 0 Å². The van der Waals surface area contributed by atoms with Gasteiger partial charge in [0.1, 0.15) is 11.6 Å². The Labute approximate surface area is 117 Å². The van der Waals surface area contributed by atoms with Crippen LogP contribution in [0.15, 0.2) is 60.4 Å². The standard InChI is InChI=1S/C16H13N3O/c17-11-15(10-13-6-8-18-9-7-13)16(20)19-12-14-4-2-1-3-5-14/h1-10H,12H2,(H,19,20)/b15-10-. The zero-order chi connectivity index (χ0) is 14.2. The Balaban J connectivity index is 2.03. The number of nitriles is 1. The van der Waals surface area contributed by atoms with Crippen molar-refractivity contribution >= 4 is 12.0 Å². The Kier molecular flexibility index (Phi) is 4.63. The minimum atomic E-state index is -0.381. The fourth-order valence-corrected chi connectivity index (χ4v) is 1.65. The van der Waals surface area contributed by atoms with Gasteiger partial charge >= 0.3 is 0 Å². The summed E-state index contributed by atoms with van der Waals surface area (Å²) in [6.07, 6.45) is 4.77. The monoisotopic (exact) mass is 263 g/mol. The molecule has 1 heterocycles. The van der Waals surface area contributed by atoms with Gasteiger partial charge in [0.05, 0.1) is 0 Å². The average Bonchev–Trinajstić information content (AvgIpc) is 2.52. The molecule has 2 aromatic rings. The smallest absolute Gasteiger partial charge is 0.262 e. The number of benzene rings is 1. The molecule has 0 spiro atoms. The highest BCUT2D eigenvalue weighted by atomic mass is 16.1.